The fraction of sp³-hybridized carbons (Fsp3) is 0.136. The number of rotatable bonds is 6. The van der Waals surface area contributed by atoms with Gasteiger partial charge in [0.05, 0.1) is 17.6 Å². The van der Waals surface area contributed by atoms with Crippen LogP contribution in [0, 0.1) is 0 Å². The van der Waals surface area contributed by atoms with Crippen LogP contribution in [0.1, 0.15) is 6.42 Å². The highest BCUT2D eigenvalue weighted by Gasteiger charge is 2.24. The fourth-order valence-corrected chi connectivity index (χ4v) is 3.65. The summed E-state index contributed by atoms with van der Waals surface area (Å²) in [4.78, 5) is 4.05. The first kappa shape index (κ1) is 18.2. The molecule has 0 saturated carbocycles. The Hall–Kier alpha value is -3.18. The van der Waals surface area contributed by atoms with E-state index in [0.29, 0.717) is 17.1 Å². The number of hydrogen-bond donors (Lipinski definition) is 2. The molecule has 0 spiro atoms. The molecule has 0 aliphatic heterocycles. The average Bonchev–Trinajstić information content (AvgIpc) is 3.31. The van der Waals surface area contributed by atoms with Crippen molar-refractivity contribution < 1.29 is 10.2 Å². The summed E-state index contributed by atoms with van der Waals surface area (Å²) in [6.07, 6.45) is 6.17. The van der Waals surface area contributed by atoms with E-state index in [1.54, 1.807) is 23.2 Å². The molecular formula is C22H20ClN3O2. The summed E-state index contributed by atoms with van der Waals surface area (Å²) < 4.78 is 3.73. The zero-order valence-electron chi connectivity index (χ0n) is 15.2. The molecule has 0 unspecified atom stereocenters. The van der Waals surface area contributed by atoms with Crippen LogP contribution in [-0.4, -0.2) is 24.3 Å². The van der Waals surface area contributed by atoms with Gasteiger partial charge in [-0.3, -0.25) is 0 Å². The number of imidazole rings is 1. The Kier molecular flexibility index (Phi) is 5.08. The Morgan fingerprint density at radius 3 is 2.43 bits per heavy atom. The number of aromatic hydroxyl groups is 2. The Morgan fingerprint density at radius 1 is 0.929 bits per heavy atom. The topological polar surface area (TPSA) is 63.2 Å². The largest absolute Gasteiger partial charge is 0.503 e. The van der Waals surface area contributed by atoms with E-state index < -0.39 is 0 Å². The maximum Gasteiger partial charge on any atom is 0.235 e. The van der Waals surface area contributed by atoms with Gasteiger partial charge in [0.2, 0.25) is 5.88 Å². The minimum atomic E-state index is -0.139. The first-order chi connectivity index (χ1) is 13.6. The monoisotopic (exact) mass is 393 g/mol. The van der Waals surface area contributed by atoms with E-state index in [0.717, 1.165) is 29.8 Å². The van der Waals surface area contributed by atoms with Gasteiger partial charge in [-0.15, -0.1) is 0 Å². The van der Waals surface area contributed by atoms with Gasteiger partial charge < -0.3 is 19.3 Å². The Balaban J connectivity index is 1.80. The quantitative estimate of drug-likeness (QED) is 0.474. The standard InChI is InChI=1S/C22H20ClN3O2/c23-18-9-4-8-17(14-18)20-19(16-6-2-1-3-7-16)21(27)22(28)26(20)12-5-11-25-13-10-24-15-25/h1-4,6-10,13-15,27-28H,5,11-12H2. The van der Waals surface area contributed by atoms with Crippen molar-refractivity contribution in [1.82, 2.24) is 14.1 Å². The fourth-order valence-electron chi connectivity index (χ4n) is 3.45. The molecule has 0 atom stereocenters. The lowest BCUT2D eigenvalue weighted by Crippen LogP contribution is -2.04. The van der Waals surface area contributed by atoms with Crippen LogP contribution in [-0.2, 0) is 13.1 Å². The van der Waals surface area contributed by atoms with E-state index in [2.05, 4.69) is 4.98 Å². The lowest BCUT2D eigenvalue weighted by Gasteiger charge is -2.13. The van der Waals surface area contributed by atoms with Crippen LogP contribution < -0.4 is 0 Å². The van der Waals surface area contributed by atoms with Crippen molar-refractivity contribution in [1.29, 1.82) is 0 Å². The summed E-state index contributed by atoms with van der Waals surface area (Å²) in [5.41, 5.74) is 3.01. The van der Waals surface area contributed by atoms with Crippen LogP contribution in [0.4, 0.5) is 0 Å². The molecule has 0 saturated heterocycles. The number of benzene rings is 2. The van der Waals surface area contributed by atoms with Crippen LogP contribution >= 0.6 is 11.6 Å². The molecule has 6 heteroatoms. The highest BCUT2D eigenvalue weighted by Crippen LogP contribution is 2.47. The third-order valence-electron chi connectivity index (χ3n) is 4.73. The third kappa shape index (κ3) is 3.49. The molecule has 0 bridgehead atoms. The summed E-state index contributed by atoms with van der Waals surface area (Å²) in [5.74, 6) is -0.261. The van der Waals surface area contributed by atoms with Crippen molar-refractivity contribution in [3.05, 3.63) is 78.3 Å². The second-order valence-electron chi connectivity index (χ2n) is 6.58. The van der Waals surface area contributed by atoms with E-state index in [1.807, 2.05) is 59.3 Å². The van der Waals surface area contributed by atoms with Gasteiger partial charge in [-0.05, 0) is 24.1 Å². The van der Waals surface area contributed by atoms with Crippen LogP contribution in [0.25, 0.3) is 22.4 Å². The number of aryl methyl sites for hydroxylation is 1. The second kappa shape index (κ2) is 7.82. The Bertz CT molecular complexity index is 1070. The summed E-state index contributed by atoms with van der Waals surface area (Å²) in [6.45, 7) is 1.29. The molecule has 4 rings (SSSR count). The molecule has 2 aromatic heterocycles. The first-order valence-electron chi connectivity index (χ1n) is 9.06. The van der Waals surface area contributed by atoms with Gasteiger partial charge in [0.15, 0.2) is 5.75 Å². The molecule has 28 heavy (non-hydrogen) atoms. The van der Waals surface area contributed by atoms with E-state index in [1.165, 1.54) is 0 Å². The number of nitrogens with zero attached hydrogens (tertiary/aromatic N) is 3. The molecule has 2 N–H and O–H groups in total. The minimum Gasteiger partial charge on any atom is -0.503 e. The first-order valence-corrected chi connectivity index (χ1v) is 9.44. The van der Waals surface area contributed by atoms with Gasteiger partial charge in [-0.1, -0.05) is 54.1 Å². The van der Waals surface area contributed by atoms with E-state index in [9.17, 15) is 10.2 Å². The SMILES string of the molecule is Oc1c(-c2ccccc2)c(-c2cccc(Cl)c2)n(CCCn2ccnc2)c1O. The maximum absolute atomic E-state index is 10.7. The van der Waals surface area contributed by atoms with Crippen molar-refractivity contribution in [3.63, 3.8) is 0 Å². The van der Waals surface area contributed by atoms with E-state index in [-0.39, 0.29) is 11.6 Å². The molecule has 142 valence electrons. The molecule has 5 nitrogen and oxygen atoms in total. The molecule has 0 amide bonds. The lowest BCUT2D eigenvalue weighted by molar-refractivity contribution is 0.369. The zero-order valence-corrected chi connectivity index (χ0v) is 15.9. The predicted octanol–water partition coefficient (Wildman–Crippen LogP) is 5.17. The van der Waals surface area contributed by atoms with Crippen molar-refractivity contribution in [2.24, 2.45) is 0 Å². The van der Waals surface area contributed by atoms with Crippen LogP contribution in [0.15, 0.2) is 73.3 Å². The lowest BCUT2D eigenvalue weighted by atomic mass is 10.0. The number of aromatic nitrogens is 3. The summed E-state index contributed by atoms with van der Waals surface area (Å²) in [5, 5.41) is 22.1. The van der Waals surface area contributed by atoms with Gasteiger partial charge >= 0.3 is 0 Å². The summed E-state index contributed by atoms with van der Waals surface area (Å²) in [6, 6.07) is 17.0. The van der Waals surface area contributed by atoms with Crippen LogP contribution in [0.3, 0.4) is 0 Å². The van der Waals surface area contributed by atoms with Crippen LogP contribution in [0.2, 0.25) is 5.02 Å². The van der Waals surface area contributed by atoms with Gasteiger partial charge in [-0.2, -0.15) is 0 Å². The van der Waals surface area contributed by atoms with E-state index in [4.69, 9.17) is 11.6 Å². The minimum absolute atomic E-state index is 0.121. The highest BCUT2D eigenvalue weighted by molar-refractivity contribution is 6.30. The molecule has 0 aliphatic carbocycles. The average molecular weight is 394 g/mol. The van der Waals surface area contributed by atoms with Crippen molar-refractivity contribution in [2.75, 3.05) is 0 Å². The van der Waals surface area contributed by atoms with Gasteiger partial charge in [-0.25, -0.2) is 4.98 Å². The predicted molar refractivity (Wildman–Crippen MR) is 110 cm³/mol. The van der Waals surface area contributed by atoms with Gasteiger partial charge in [0.1, 0.15) is 0 Å². The van der Waals surface area contributed by atoms with Crippen molar-refractivity contribution in [2.45, 2.75) is 19.5 Å². The third-order valence-corrected chi connectivity index (χ3v) is 4.96. The molecule has 4 aromatic rings. The summed E-state index contributed by atoms with van der Waals surface area (Å²) in [7, 11) is 0. The van der Waals surface area contributed by atoms with Gasteiger partial charge in [0.25, 0.3) is 0 Å². The number of hydrogen-bond acceptors (Lipinski definition) is 3. The molecular weight excluding hydrogens is 374 g/mol. The maximum atomic E-state index is 10.7. The van der Waals surface area contributed by atoms with E-state index >= 15 is 0 Å². The zero-order chi connectivity index (χ0) is 19.5. The number of halogens is 1. The molecule has 0 aliphatic rings. The normalized spacial score (nSPS) is 11.0. The molecule has 2 heterocycles. The van der Waals surface area contributed by atoms with Crippen molar-refractivity contribution in [3.8, 4) is 34.0 Å². The smallest absolute Gasteiger partial charge is 0.235 e. The summed E-state index contributed by atoms with van der Waals surface area (Å²) >= 11 is 6.22. The second-order valence-corrected chi connectivity index (χ2v) is 7.01. The van der Waals surface area contributed by atoms with Crippen LogP contribution in [0.5, 0.6) is 11.6 Å². The molecule has 2 aromatic carbocycles. The van der Waals surface area contributed by atoms with Gasteiger partial charge in [0, 0.05) is 36.1 Å². The van der Waals surface area contributed by atoms with Crippen molar-refractivity contribution >= 4 is 11.6 Å². The Morgan fingerprint density at radius 2 is 1.71 bits per heavy atom. The Labute approximate surface area is 168 Å². The molecule has 0 radical (unpaired) electrons. The molecule has 0 fully saturated rings. The highest BCUT2D eigenvalue weighted by atomic mass is 35.5.